The number of hydrogen-bond acceptors (Lipinski definition) is 6. The van der Waals surface area contributed by atoms with E-state index in [2.05, 4.69) is 6.92 Å². The summed E-state index contributed by atoms with van der Waals surface area (Å²) in [6.45, 7) is 2.12. The van der Waals surface area contributed by atoms with Crippen LogP contribution in [0.25, 0.3) is 0 Å². The Hall–Kier alpha value is -0.690. The molecule has 3 N–H and O–H groups in total. The minimum Gasteiger partial charge on any atom is -0.457 e. The maximum Gasteiger partial charge on any atom is 0.306 e. The first-order valence-corrected chi connectivity index (χ1v) is 13.4. The molecule has 0 aromatic carbocycles. The van der Waals surface area contributed by atoms with Crippen LogP contribution in [-0.4, -0.2) is 58.9 Å². The quantitative estimate of drug-likeness (QED) is 0.185. The van der Waals surface area contributed by atoms with Crippen molar-refractivity contribution in [3.63, 3.8) is 0 Å². The smallest absolute Gasteiger partial charge is 0.306 e. The number of hydrogen-bond donors (Lipinski definition) is 3. The Balaban J connectivity index is 1.88. The molecule has 0 aliphatic carbocycles. The van der Waals surface area contributed by atoms with Crippen LogP contribution in [0.5, 0.6) is 0 Å². The van der Waals surface area contributed by atoms with E-state index in [0.29, 0.717) is 0 Å². The van der Waals surface area contributed by atoms with Crippen LogP contribution < -0.4 is 0 Å². The zero-order valence-corrected chi connectivity index (χ0v) is 20.5. The van der Waals surface area contributed by atoms with E-state index < -0.39 is 30.4 Å². The summed E-state index contributed by atoms with van der Waals surface area (Å²) in [7, 11) is 0. The number of aliphatic hydroxyl groups is 3. The summed E-state index contributed by atoms with van der Waals surface area (Å²) in [6.07, 6.45) is 17.4. The van der Waals surface area contributed by atoms with Crippen molar-refractivity contribution in [2.75, 3.05) is 13.2 Å². The van der Waals surface area contributed by atoms with Crippen molar-refractivity contribution in [1.82, 2.24) is 0 Å². The molecule has 1 fully saturated rings. The zero-order valence-electron chi connectivity index (χ0n) is 20.5. The van der Waals surface area contributed by atoms with E-state index in [4.69, 9.17) is 9.47 Å². The van der Waals surface area contributed by atoms with Gasteiger partial charge in [0.15, 0.2) is 6.10 Å². The van der Waals surface area contributed by atoms with Crippen LogP contribution in [0.2, 0.25) is 0 Å². The normalized spacial score (nSPS) is 23.8. The average Bonchev–Trinajstić information content (AvgIpc) is 2.89. The van der Waals surface area contributed by atoms with Gasteiger partial charge in [-0.2, -0.15) is 0 Å². The fourth-order valence-corrected chi connectivity index (χ4v) is 4.30. The second-order valence-electron chi connectivity index (χ2n) is 9.52. The van der Waals surface area contributed by atoms with Crippen LogP contribution in [-0.2, 0) is 14.3 Å². The van der Waals surface area contributed by atoms with Crippen molar-refractivity contribution in [2.24, 2.45) is 0 Å². The van der Waals surface area contributed by atoms with E-state index >= 15 is 0 Å². The van der Waals surface area contributed by atoms with Crippen LogP contribution in [0.3, 0.4) is 0 Å². The summed E-state index contributed by atoms with van der Waals surface area (Å²) < 4.78 is 10.3. The minimum atomic E-state index is -1.33. The van der Waals surface area contributed by atoms with E-state index in [1.54, 1.807) is 0 Å². The third-order valence-corrected chi connectivity index (χ3v) is 6.44. The van der Waals surface area contributed by atoms with Crippen molar-refractivity contribution >= 4 is 5.97 Å². The molecule has 32 heavy (non-hydrogen) atoms. The SMILES string of the molecule is CCCCCCCCCCCCCCCCCCCC(=O)O[C@H]1[C@H](O)[C@H](O)COC[C@H]1O. The van der Waals surface area contributed by atoms with Gasteiger partial charge in [-0.25, -0.2) is 0 Å². The molecule has 0 unspecified atom stereocenters. The highest BCUT2D eigenvalue weighted by atomic mass is 16.6. The molecule has 0 radical (unpaired) electrons. The molecule has 1 heterocycles. The summed E-state index contributed by atoms with van der Waals surface area (Å²) in [5.74, 6) is -0.442. The molecule has 6 heteroatoms. The van der Waals surface area contributed by atoms with Crippen molar-refractivity contribution in [3.05, 3.63) is 0 Å². The molecule has 1 saturated heterocycles. The predicted octanol–water partition coefficient (Wildman–Crippen LogP) is 5.05. The molecular formula is C26H50O6. The summed E-state index contributed by atoms with van der Waals surface area (Å²) in [5.41, 5.74) is 0. The number of carbonyl (C=O) groups excluding carboxylic acids is 1. The summed E-state index contributed by atoms with van der Waals surface area (Å²) >= 11 is 0. The van der Waals surface area contributed by atoms with Gasteiger partial charge in [0.2, 0.25) is 0 Å². The molecule has 4 atom stereocenters. The molecule has 1 aliphatic heterocycles. The first-order chi connectivity index (χ1) is 15.6. The van der Waals surface area contributed by atoms with Gasteiger partial charge >= 0.3 is 5.97 Å². The number of aliphatic hydroxyl groups excluding tert-OH is 3. The Morgan fingerprint density at radius 2 is 1.09 bits per heavy atom. The molecule has 0 saturated carbocycles. The van der Waals surface area contributed by atoms with E-state index in [1.165, 1.54) is 89.9 Å². The monoisotopic (exact) mass is 458 g/mol. The molecule has 0 bridgehead atoms. The second kappa shape index (κ2) is 19.7. The zero-order chi connectivity index (χ0) is 23.4. The van der Waals surface area contributed by atoms with Crippen molar-refractivity contribution in [1.29, 1.82) is 0 Å². The Morgan fingerprint density at radius 3 is 1.56 bits per heavy atom. The topological polar surface area (TPSA) is 96.2 Å². The van der Waals surface area contributed by atoms with Crippen LogP contribution in [0.15, 0.2) is 0 Å². The Bertz CT molecular complexity index is 444. The standard InChI is InChI=1S/C26H50O6/c1-2-3-4-5-6-7-8-9-10-11-12-13-14-15-16-17-18-19-24(29)32-26-23(28)21-31-20-22(27)25(26)30/h22-23,25-28,30H,2-21H2,1H3/t22-,23-,25-,26-/m1/s1. The van der Waals surface area contributed by atoms with Gasteiger partial charge in [-0.1, -0.05) is 110 Å². The maximum atomic E-state index is 12.0. The van der Waals surface area contributed by atoms with Gasteiger partial charge in [-0.15, -0.1) is 0 Å². The fraction of sp³-hybridized carbons (Fsp3) is 0.962. The highest BCUT2D eigenvalue weighted by Crippen LogP contribution is 2.17. The van der Waals surface area contributed by atoms with Crippen LogP contribution >= 0.6 is 0 Å². The molecule has 190 valence electrons. The van der Waals surface area contributed by atoms with Gasteiger partial charge in [0.1, 0.15) is 18.3 Å². The Labute approximate surface area is 196 Å². The maximum absolute atomic E-state index is 12.0. The predicted molar refractivity (Wildman–Crippen MR) is 127 cm³/mol. The number of unbranched alkanes of at least 4 members (excludes halogenated alkanes) is 16. The number of carbonyl (C=O) groups is 1. The highest BCUT2D eigenvalue weighted by Gasteiger charge is 2.38. The minimum absolute atomic E-state index is 0.0643. The van der Waals surface area contributed by atoms with Crippen LogP contribution in [0, 0.1) is 0 Å². The highest BCUT2D eigenvalue weighted by molar-refractivity contribution is 5.69. The fourth-order valence-electron chi connectivity index (χ4n) is 4.30. The molecule has 0 spiro atoms. The van der Waals surface area contributed by atoms with Gasteiger partial charge in [0, 0.05) is 6.42 Å². The van der Waals surface area contributed by atoms with Crippen LogP contribution in [0.1, 0.15) is 122 Å². The molecule has 0 amide bonds. The Morgan fingerprint density at radius 1 is 0.688 bits per heavy atom. The van der Waals surface area contributed by atoms with Crippen molar-refractivity contribution in [2.45, 2.75) is 147 Å². The van der Waals surface area contributed by atoms with E-state index in [-0.39, 0.29) is 19.6 Å². The lowest BCUT2D eigenvalue weighted by Crippen LogP contribution is -2.46. The molecule has 1 aliphatic rings. The summed E-state index contributed by atoms with van der Waals surface area (Å²) in [4.78, 5) is 12.0. The molecular weight excluding hydrogens is 408 g/mol. The molecule has 1 rings (SSSR count). The van der Waals surface area contributed by atoms with Gasteiger partial charge in [0.25, 0.3) is 0 Å². The molecule has 6 nitrogen and oxygen atoms in total. The summed E-state index contributed by atoms with van der Waals surface area (Å²) in [5, 5.41) is 29.6. The first kappa shape index (κ1) is 29.3. The Kier molecular flexibility index (Phi) is 18.1. The van der Waals surface area contributed by atoms with Gasteiger partial charge in [-0.3, -0.25) is 4.79 Å². The molecule has 0 aromatic heterocycles. The van der Waals surface area contributed by atoms with Gasteiger partial charge in [0.05, 0.1) is 13.2 Å². The van der Waals surface area contributed by atoms with Crippen LogP contribution in [0.4, 0.5) is 0 Å². The second-order valence-corrected chi connectivity index (χ2v) is 9.52. The van der Waals surface area contributed by atoms with E-state index in [1.807, 2.05) is 0 Å². The lowest BCUT2D eigenvalue weighted by molar-refractivity contribution is -0.169. The molecule has 0 aromatic rings. The number of ether oxygens (including phenoxy) is 2. The average molecular weight is 459 g/mol. The third-order valence-electron chi connectivity index (χ3n) is 6.44. The third kappa shape index (κ3) is 14.5. The van der Waals surface area contributed by atoms with Gasteiger partial charge in [-0.05, 0) is 6.42 Å². The number of esters is 1. The van der Waals surface area contributed by atoms with Crippen molar-refractivity contribution < 1.29 is 29.6 Å². The van der Waals surface area contributed by atoms with E-state index in [9.17, 15) is 20.1 Å². The largest absolute Gasteiger partial charge is 0.457 e. The van der Waals surface area contributed by atoms with Gasteiger partial charge < -0.3 is 24.8 Å². The first-order valence-electron chi connectivity index (χ1n) is 13.4. The summed E-state index contributed by atoms with van der Waals surface area (Å²) in [6, 6.07) is 0. The lowest BCUT2D eigenvalue weighted by atomic mass is 10.0. The lowest BCUT2D eigenvalue weighted by Gasteiger charge is -2.26. The number of rotatable bonds is 19. The van der Waals surface area contributed by atoms with E-state index in [0.717, 1.165) is 19.3 Å². The van der Waals surface area contributed by atoms with Crippen molar-refractivity contribution in [3.8, 4) is 0 Å².